The minimum atomic E-state index is 0.789. The van der Waals surface area contributed by atoms with Crippen LogP contribution in [-0.4, -0.2) is 4.98 Å². The van der Waals surface area contributed by atoms with Gasteiger partial charge in [-0.25, -0.2) is 0 Å². The number of nitrogens with one attached hydrogen (secondary N) is 1. The smallest absolute Gasteiger partial charge is 0.0501 e. The Hall–Kier alpha value is -1.21. The topological polar surface area (TPSA) is 15.8 Å². The van der Waals surface area contributed by atoms with E-state index in [0.717, 1.165) is 16.3 Å². The molecule has 2 rings (SSSR count). The van der Waals surface area contributed by atoms with Crippen LogP contribution in [0.15, 0.2) is 30.5 Å². The molecule has 14 heavy (non-hydrogen) atoms. The summed E-state index contributed by atoms with van der Waals surface area (Å²) in [6.07, 6.45) is 2.01. The molecular formula is C12H12ClN. The van der Waals surface area contributed by atoms with Crippen LogP contribution in [0.2, 0.25) is 5.02 Å². The summed E-state index contributed by atoms with van der Waals surface area (Å²) in [6.45, 7) is 4.19. The van der Waals surface area contributed by atoms with Crippen LogP contribution in [0.4, 0.5) is 0 Å². The van der Waals surface area contributed by atoms with Crippen LogP contribution in [0.1, 0.15) is 11.1 Å². The molecule has 0 amide bonds. The van der Waals surface area contributed by atoms with Gasteiger partial charge >= 0.3 is 0 Å². The molecule has 1 heterocycles. The van der Waals surface area contributed by atoms with Crippen molar-refractivity contribution in [2.45, 2.75) is 13.8 Å². The van der Waals surface area contributed by atoms with Gasteiger partial charge in [0.15, 0.2) is 0 Å². The van der Waals surface area contributed by atoms with Crippen LogP contribution in [-0.2, 0) is 0 Å². The van der Waals surface area contributed by atoms with Crippen molar-refractivity contribution < 1.29 is 0 Å². The quantitative estimate of drug-likeness (QED) is 0.726. The first-order valence-corrected chi connectivity index (χ1v) is 4.97. The van der Waals surface area contributed by atoms with E-state index in [1.165, 1.54) is 11.1 Å². The van der Waals surface area contributed by atoms with Gasteiger partial charge in [-0.1, -0.05) is 29.8 Å². The average molecular weight is 206 g/mol. The minimum absolute atomic E-state index is 0.789. The minimum Gasteiger partial charge on any atom is -0.361 e. The van der Waals surface area contributed by atoms with Gasteiger partial charge in [0.25, 0.3) is 0 Å². The maximum Gasteiger partial charge on any atom is 0.0501 e. The number of H-pyrrole nitrogens is 1. The molecule has 2 heteroatoms. The first kappa shape index (κ1) is 9.35. The van der Waals surface area contributed by atoms with Gasteiger partial charge in [-0.15, -0.1) is 0 Å². The Kier molecular flexibility index (Phi) is 2.34. The van der Waals surface area contributed by atoms with Crippen LogP contribution in [0.5, 0.6) is 0 Å². The SMILES string of the molecule is Cc1c[nH]c(-c2ccccc2Cl)c1C. The molecule has 0 aliphatic rings. The number of hydrogen-bond acceptors (Lipinski definition) is 0. The van der Waals surface area contributed by atoms with Crippen molar-refractivity contribution in [3.05, 3.63) is 46.6 Å². The van der Waals surface area contributed by atoms with E-state index in [4.69, 9.17) is 11.6 Å². The molecule has 0 spiro atoms. The lowest BCUT2D eigenvalue weighted by Crippen LogP contribution is -1.82. The fourth-order valence-electron chi connectivity index (χ4n) is 1.54. The van der Waals surface area contributed by atoms with E-state index in [2.05, 4.69) is 18.8 Å². The van der Waals surface area contributed by atoms with Crippen molar-refractivity contribution in [2.24, 2.45) is 0 Å². The third kappa shape index (κ3) is 1.44. The van der Waals surface area contributed by atoms with Crippen molar-refractivity contribution in [1.82, 2.24) is 4.98 Å². The first-order valence-electron chi connectivity index (χ1n) is 4.59. The molecule has 0 bridgehead atoms. The Labute approximate surface area is 88.7 Å². The van der Waals surface area contributed by atoms with Gasteiger partial charge in [0.2, 0.25) is 0 Å². The molecule has 0 atom stereocenters. The van der Waals surface area contributed by atoms with E-state index in [9.17, 15) is 0 Å². The molecule has 2 aromatic rings. The summed E-state index contributed by atoms with van der Waals surface area (Å²) >= 11 is 6.12. The molecule has 1 nitrogen and oxygen atoms in total. The Balaban J connectivity index is 2.60. The first-order chi connectivity index (χ1) is 6.70. The highest BCUT2D eigenvalue weighted by atomic mass is 35.5. The molecule has 0 fully saturated rings. The molecule has 1 aromatic carbocycles. The second kappa shape index (κ2) is 3.50. The van der Waals surface area contributed by atoms with Gasteiger partial charge in [-0.3, -0.25) is 0 Å². The van der Waals surface area contributed by atoms with Gasteiger partial charge in [0, 0.05) is 16.8 Å². The third-order valence-corrected chi connectivity index (χ3v) is 2.87. The lowest BCUT2D eigenvalue weighted by molar-refractivity contribution is 1.38. The fourth-order valence-corrected chi connectivity index (χ4v) is 1.77. The fraction of sp³-hybridized carbons (Fsp3) is 0.167. The molecule has 0 radical (unpaired) electrons. The average Bonchev–Trinajstić information content (AvgIpc) is 2.49. The van der Waals surface area contributed by atoms with Crippen LogP contribution in [0.25, 0.3) is 11.3 Å². The van der Waals surface area contributed by atoms with Gasteiger partial charge in [-0.2, -0.15) is 0 Å². The zero-order chi connectivity index (χ0) is 10.1. The Morgan fingerprint density at radius 2 is 1.86 bits per heavy atom. The Morgan fingerprint density at radius 1 is 1.14 bits per heavy atom. The largest absolute Gasteiger partial charge is 0.361 e. The van der Waals surface area contributed by atoms with E-state index >= 15 is 0 Å². The Morgan fingerprint density at radius 3 is 2.43 bits per heavy atom. The standard InChI is InChI=1S/C12H12ClN/c1-8-7-14-12(9(8)2)10-5-3-4-6-11(10)13/h3-7,14H,1-2H3. The molecule has 0 saturated carbocycles. The normalized spacial score (nSPS) is 10.5. The molecule has 72 valence electrons. The van der Waals surface area contributed by atoms with Crippen molar-refractivity contribution >= 4 is 11.6 Å². The lowest BCUT2D eigenvalue weighted by Gasteiger charge is -2.03. The number of aromatic nitrogens is 1. The van der Waals surface area contributed by atoms with Crippen molar-refractivity contribution in [3.8, 4) is 11.3 Å². The highest BCUT2D eigenvalue weighted by Crippen LogP contribution is 2.29. The number of hydrogen-bond donors (Lipinski definition) is 1. The number of halogens is 1. The van der Waals surface area contributed by atoms with Crippen LogP contribution >= 0.6 is 11.6 Å². The zero-order valence-corrected chi connectivity index (χ0v) is 9.02. The number of aromatic amines is 1. The summed E-state index contributed by atoms with van der Waals surface area (Å²) < 4.78 is 0. The van der Waals surface area contributed by atoms with Crippen molar-refractivity contribution in [1.29, 1.82) is 0 Å². The summed E-state index contributed by atoms with van der Waals surface area (Å²) in [4.78, 5) is 3.25. The molecule has 0 aliphatic carbocycles. The summed E-state index contributed by atoms with van der Waals surface area (Å²) in [5.41, 5.74) is 4.71. The molecule has 0 saturated heterocycles. The van der Waals surface area contributed by atoms with E-state index < -0.39 is 0 Å². The maximum atomic E-state index is 6.12. The van der Waals surface area contributed by atoms with E-state index in [0.29, 0.717) is 0 Å². The third-order valence-electron chi connectivity index (χ3n) is 2.54. The van der Waals surface area contributed by atoms with E-state index in [-0.39, 0.29) is 0 Å². The van der Waals surface area contributed by atoms with E-state index in [1.807, 2.05) is 30.5 Å². The summed E-state index contributed by atoms with van der Waals surface area (Å²) in [7, 11) is 0. The van der Waals surface area contributed by atoms with Gasteiger partial charge in [0.05, 0.1) is 5.69 Å². The number of benzene rings is 1. The van der Waals surface area contributed by atoms with Gasteiger partial charge < -0.3 is 4.98 Å². The second-order valence-electron chi connectivity index (χ2n) is 3.45. The van der Waals surface area contributed by atoms with Crippen LogP contribution in [0.3, 0.4) is 0 Å². The molecule has 1 N–H and O–H groups in total. The second-order valence-corrected chi connectivity index (χ2v) is 3.86. The highest BCUT2D eigenvalue weighted by Gasteiger charge is 2.08. The summed E-state index contributed by atoms with van der Waals surface area (Å²) in [5.74, 6) is 0. The summed E-state index contributed by atoms with van der Waals surface area (Å²) in [5, 5.41) is 0.789. The molecule has 1 aromatic heterocycles. The molecular weight excluding hydrogens is 194 g/mol. The van der Waals surface area contributed by atoms with Gasteiger partial charge in [0.1, 0.15) is 0 Å². The zero-order valence-electron chi connectivity index (χ0n) is 8.26. The van der Waals surface area contributed by atoms with Crippen LogP contribution in [0, 0.1) is 13.8 Å². The monoisotopic (exact) mass is 205 g/mol. The number of aryl methyl sites for hydroxylation is 1. The van der Waals surface area contributed by atoms with Crippen LogP contribution < -0.4 is 0 Å². The summed E-state index contributed by atoms with van der Waals surface area (Å²) in [6, 6.07) is 7.88. The van der Waals surface area contributed by atoms with E-state index in [1.54, 1.807) is 0 Å². The van der Waals surface area contributed by atoms with Gasteiger partial charge in [-0.05, 0) is 31.0 Å². The van der Waals surface area contributed by atoms with Crippen molar-refractivity contribution in [2.75, 3.05) is 0 Å². The lowest BCUT2D eigenvalue weighted by atomic mass is 10.1. The maximum absolute atomic E-state index is 6.12. The Bertz CT molecular complexity index is 457. The molecule has 0 aliphatic heterocycles. The molecule has 0 unspecified atom stereocenters. The van der Waals surface area contributed by atoms with Crippen molar-refractivity contribution in [3.63, 3.8) is 0 Å². The predicted octanol–water partition coefficient (Wildman–Crippen LogP) is 3.95. The number of rotatable bonds is 1. The highest BCUT2D eigenvalue weighted by molar-refractivity contribution is 6.33. The predicted molar refractivity (Wildman–Crippen MR) is 60.7 cm³/mol.